The van der Waals surface area contributed by atoms with Crippen LogP contribution in [0.3, 0.4) is 0 Å². The van der Waals surface area contributed by atoms with Gasteiger partial charge in [0.25, 0.3) is 0 Å². The number of aromatic nitrogens is 2. The number of hydrogen-bond donors (Lipinski definition) is 2. The molecule has 30 heavy (non-hydrogen) atoms. The smallest absolute Gasteiger partial charge is 0.225 e. The molecule has 0 saturated heterocycles. The highest BCUT2D eigenvalue weighted by molar-refractivity contribution is 5.90. The Hall–Kier alpha value is -2.83. The number of carbonyl (C=O) groups excluding carboxylic acids is 2. The number of amides is 2. The number of benzene rings is 1. The third kappa shape index (κ3) is 6.90. The average Bonchev–Trinajstić information content (AvgIpc) is 3.12. The molecule has 0 aliphatic carbocycles. The van der Waals surface area contributed by atoms with Crippen molar-refractivity contribution >= 4 is 17.6 Å². The fourth-order valence-corrected chi connectivity index (χ4v) is 2.86. The van der Waals surface area contributed by atoms with Crippen molar-refractivity contribution in [3.05, 3.63) is 36.0 Å². The van der Waals surface area contributed by atoms with E-state index in [-0.39, 0.29) is 23.7 Å². The summed E-state index contributed by atoms with van der Waals surface area (Å²) in [7, 11) is 1.62. The second kappa shape index (κ2) is 10.8. The highest BCUT2D eigenvalue weighted by atomic mass is 16.5. The summed E-state index contributed by atoms with van der Waals surface area (Å²) in [6, 6.07) is 9.41. The Kier molecular flexibility index (Phi) is 8.45. The zero-order chi connectivity index (χ0) is 22.1. The van der Waals surface area contributed by atoms with Gasteiger partial charge in [0.2, 0.25) is 11.8 Å². The normalized spacial score (nSPS) is 11.2. The van der Waals surface area contributed by atoms with E-state index < -0.39 is 0 Å². The summed E-state index contributed by atoms with van der Waals surface area (Å²) in [6.45, 7) is 9.01. The standard InChI is InChI=1S/C23H34N4O3/c1-6-7-15-24-21(28)9-8-10-22(29)25-20-16-19(23(2,3)4)26-27(20)17-11-13-18(30-5)14-12-17/h11-14,16H,6-10,15H2,1-5H3,(H,24,28)(H,25,29). The largest absolute Gasteiger partial charge is 0.497 e. The molecule has 2 N–H and O–H groups in total. The summed E-state index contributed by atoms with van der Waals surface area (Å²) >= 11 is 0. The number of unbranched alkanes of at least 4 members (excludes halogenated alkanes) is 1. The molecule has 0 spiro atoms. The van der Waals surface area contributed by atoms with Gasteiger partial charge in [-0.05, 0) is 37.1 Å². The monoisotopic (exact) mass is 414 g/mol. The van der Waals surface area contributed by atoms with E-state index in [4.69, 9.17) is 9.84 Å². The highest BCUT2D eigenvalue weighted by Crippen LogP contribution is 2.27. The second-order valence-corrected chi connectivity index (χ2v) is 8.38. The SMILES string of the molecule is CCCCNC(=O)CCCC(=O)Nc1cc(C(C)(C)C)nn1-c1ccc(OC)cc1. The molecule has 1 aromatic heterocycles. The van der Waals surface area contributed by atoms with Crippen LogP contribution in [0, 0.1) is 0 Å². The Morgan fingerprint density at radius 2 is 1.73 bits per heavy atom. The molecule has 0 unspecified atom stereocenters. The van der Waals surface area contributed by atoms with Crippen LogP contribution in [0.5, 0.6) is 5.75 Å². The molecule has 164 valence electrons. The zero-order valence-electron chi connectivity index (χ0n) is 18.7. The lowest BCUT2D eigenvalue weighted by molar-refractivity contribution is -0.121. The van der Waals surface area contributed by atoms with Gasteiger partial charge in [-0.15, -0.1) is 0 Å². The fraction of sp³-hybridized carbons (Fsp3) is 0.522. The Balaban J connectivity index is 2.05. The predicted octanol–water partition coefficient (Wildman–Crippen LogP) is 4.20. The van der Waals surface area contributed by atoms with Gasteiger partial charge in [0.15, 0.2) is 0 Å². The summed E-state index contributed by atoms with van der Waals surface area (Å²) in [6.07, 6.45) is 3.15. The minimum atomic E-state index is -0.159. The number of rotatable bonds is 10. The van der Waals surface area contributed by atoms with E-state index in [9.17, 15) is 9.59 Å². The summed E-state index contributed by atoms with van der Waals surface area (Å²) in [5, 5.41) is 10.5. The first-order valence-corrected chi connectivity index (χ1v) is 10.6. The number of methoxy groups -OCH3 is 1. The first-order chi connectivity index (χ1) is 14.2. The first kappa shape index (κ1) is 23.4. The third-order valence-electron chi connectivity index (χ3n) is 4.72. The highest BCUT2D eigenvalue weighted by Gasteiger charge is 2.21. The molecule has 0 bridgehead atoms. The lowest BCUT2D eigenvalue weighted by Gasteiger charge is -2.14. The van der Waals surface area contributed by atoms with Crippen LogP contribution < -0.4 is 15.4 Å². The van der Waals surface area contributed by atoms with Crippen molar-refractivity contribution in [2.75, 3.05) is 19.0 Å². The molecule has 7 heteroatoms. The number of nitrogens with one attached hydrogen (secondary N) is 2. The quantitative estimate of drug-likeness (QED) is 0.571. The van der Waals surface area contributed by atoms with Crippen LogP contribution in [0.4, 0.5) is 5.82 Å². The number of hydrogen-bond acceptors (Lipinski definition) is 4. The zero-order valence-corrected chi connectivity index (χ0v) is 18.7. The summed E-state index contributed by atoms with van der Waals surface area (Å²) < 4.78 is 6.95. The van der Waals surface area contributed by atoms with Crippen molar-refractivity contribution in [3.63, 3.8) is 0 Å². The van der Waals surface area contributed by atoms with E-state index in [1.54, 1.807) is 11.8 Å². The Morgan fingerprint density at radius 1 is 1.07 bits per heavy atom. The molecule has 0 aliphatic rings. The molecule has 0 fully saturated rings. The number of anilines is 1. The van der Waals surface area contributed by atoms with Gasteiger partial charge in [0.05, 0.1) is 18.5 Å². The molecule has 0 radical (unpaired) electrons. The lowest BCUT2D eigenvalue weighted by atomic mass is 9.92. The maximum absolute atomic E-state index is 12.5. The van der Waals surface area contributed by atoms with Crippen molar-refractivity contribution in [2.45, 2.75) is 65.2 Å². The predicted molar refractivity (Wildman–Crippen MR) is 119 cm³/mol. The van der Waals surface area contributed by atoms with Crippen LogP contribution in [-0.2, 0) is 15.0 Å². The first-order valence-electron chi connectivity index (χ1n) is 10.6. The topological polar surface area (TPSA) is 85.3 Å². The van der Waals surface area contributed by atoms with Crippen molar-refractivity contribution in [3.8, 4) is 11.4 Å². The molecular formula is C23H34N4O3. The van der Waals surface area contributed by atoms with Crippen LogP contribution in [0.25, 0.3) is 5.69 Å². The van der Waals surface area contributed by atoms with Gasteiger partial charge in [0.1, 0.15) is 11.6 Å². The molecule has 1 aromatic carbocycles. The molecule has 2 rings (SSSR count). The maximum Gasteiger partial charge on any atom is 0.225 e. The van der Waals surface area contributed by atoms with Crippen LogP contribution in [0.1, 0.15) is 65.5 Å². The van der Waals surface area contributed by atoms with Crippen LogP contribution in [0.2, 0.25) is 0 Å². The summed E-state index contributed by atoms with van der Waals surface area (Å²) in [5.74, 6) is 1.23. The van der Waals surface area contributed by atoms with Crippen molar-refractivity contribution < 1.29 is 14.3 Å². The fourth-order valence-electron chi connectivity index (χ4n) is 2.86. The molecule has 0 saturated carbocycles. The van der Waals surface area contributed by atoms with Gasteiger partial charge >= 0.3 is 0 Å². The van der Waals surface area contributed by atoms with Gasteiger partial charge in [-0.25, -0.2) is 4.68 Å². The van der Waals surface area contributed by atoms with Crippen molar-refractivity contribution in [1.29, 1.82) is 0 Å². The van der Waals surface area contributed by atoms with E-state index >= 15 is 0 Å². The summed E-state index contributed by atoms with van der Waals surface area (Å²) in [4.78, 5) is 24.3. The Labute approximate surface area is 179 Å². The summed E-state index contributed by atoms with van der Waals surface area (Å²) in [5.41, 5.74) is 1.55. The van der Waals surface area contributed by atoms with Crippen LogP contribution in [-0.4, -0.2) is 35.2 Å². The van der Waals surface area contributed by atoms with E-state index in [0.717, 1.165) is 30.0 Å². The van der Waals surface area contributed by atoms with Crippen LogP contribution in [0.15, 0.2) is 30.3 Å². The number of carbonyl (C=O) groups is 2. The van der Waals surface area contributed by atoms with Gasteiger partial charge in [-0.1, -0.05) is 34.1 Å². The van der Waals surface area contributed by atoms with Gasteiger partial charge in [0, 0.05) is 30.9 Å². The number of ether oxygens (including phenoxy) is 1. The third-order valence-corrected chi connectivity index (χ3v) is 4.72. The van der Waals surface area contributed by atoms with Gasteiger partial charge in [-0.3, -0.25) is 9.59 Å². The van der Waals surface area contributed by atoms with Crippen LogP contribution >= 0.6 is 0 Å². The van der Waals surface area contributed by atoms with Gasteiger partial charge < -0.3 is 15.4 Å². The molecular weight excluding hydrogens is 380 g/mol. The minimum absolute atomic E-state index is 0.00505. The Morgan fingerprint density at radius 3 is 2.33 bits per heavy atom. The maximum atomic E-state index is 12.5. The average molecular weight is 415 g/mol. The molecule has 2 amide bonds. The molecule has 1 heterocycles. The molecule has 0 atom stereocenters. The molecule has 0 aliphatic heterocycles. The Bertz CT molecular complexity index is 835. The lowest BCUT2D eigenvalue weighted by Crippen LogP contribution is -2.24. The van der Waals surface area contributed by atoms with Crippen molar-refractivity contribution in [2.24, 2.45) is 0 Å². The molecule has 7 nitrogen and oxygen atoms in total. The van der Waals surface area contributed by atoms with E-state index in [1.807, 2.05) is 30.3 Å². The molecule has 2 aromatic rings. The van der Waals surface area contributed by atoms with E-state index in [1.165, 1.54) is 0 Å². The second-order valence-electron chi connectivity index (χ2n) is 8.38. The van der Waals surface area contributed by atoms with Crippen molar-refractivity contribution in [1.82, 2.24) is 15.1 Å². The van der Waals surface area contributed by atoms with E-state index in [2.05, 4.69) is 38.3 Å². The number of nitrogens with zero attached hydrogens (tertiary/aromatic N) is 2. The van der Waals surface area contributed by atoms with E-state index in [0.29, 0.717) is 25.2 Å². The minimum Gasteiger partial charge on any atom is -0.497 e. The van der Waals surface area contributed by atoms with Gasteiger partial charge in [-0.2, -0.15) is 5.10 Å².